The second-order valence-electron chi connectivity index (χ2n) is 4.88. The fourth-order valence-corrected chi connectivity index (χ4v) is 2.19. The minimum Gasteiger partial charge on any atom is -0.355 e. The lowest BCUT2D eigenvalue weighted by atomic mass is 10.2. The molecule has 2 rings (SSSR count). The van der Waals surface area contributed by atoms with Crippen LogP contribution < -0.4 is 16.0 Å². The van der Waals surface area contributed by atoms with E-state index in [1.54, 1.807) is 24.3 Å². The molecule has 0 aliphatic rings. The summed E-state index contributed by atoms with van der Waals surface area (Å²) in [6, 6.07) is 11.9. The first-order valence-corrected chi connectivity index (χ1v) is 7.50. The number of hydrogen-bond donors (Lipinski definition) is 3. The Morgan fingerprint density at radius 3 is 2.32 bits per heavy atom. The molecule has 3 N–H and O–H groups in total. The Hall–Kier alpha value is -3.33. The van der Waals surface area contributed by atoms with E-state index >= 15 is 0 Å². The molecule has 2 aromatic rings. The van der Waals surface area contributed by atoms with Gasteiger partial charge in [0.15, 0.2) is 5.11 Å². The van der Waals surface area contributed by atoms with Crippen molar-refractivity contribution in [3.05, 3.63) is 69.8 Å². The molecule has 0 unspecified atom stereocenters. The van der Waals surface area contributed by atoms with Gasteiger partial charge in [-0.1, -0.05) is 12.1 Å². The molecule has 0 spiro atoms. The van der Waals surface area contributed by atoms with E-state index in [9.17, 15) is 19.7 Å². The number of nitrogens with zero attached hydrogens (tertiary/aromatic N) is 1. The average molecular weight is 358 g/mol. The van der Waals surface area contributed by atoms with Gasteiger partial charge in [-0.2, -0.15) is 0 Å². The highest BCUT2D eigenvalue weighted by molar-refractivity contribution is 7.80. The SMILES string of the molecule is CNC(=O)c1cccc(NC(=S)NC(=O)c2cccc([N+](=O)[O-])c2)c1. The van der Waals surface area contributed by atoms with E-state index in [1.807, 2.05) is 0 Å². The van der Waals surface area contributed by atoms with Gasteiger partial charge in [-0.3, -0.25) is 25.0 Å². The third-order valence-corrected chi connectivity index (χ3v) is 3.36. The number of carbonyl (C=O) groups is 2. The second-order valence-corrected chi connectivity index (χ2v) is 5.28. The summed E-state index contributed by atoms with van der Waals surface area (Å²) in [5, 5.41) is 18.5. The van der Waals surface area contributed by atoms with Gasteiger partial charge in [0.25, 0.3) is 17.5 Å². The van der Waals surface area contributed by atoms with Gasteiger partial charge in [0.2, 0.25) is 0 Å². The van der Waals surface area contributed by atoms with Gasteiger partial charge in [0.1, 0.15) is 0 Å². The summed E-state index contributed by atoms with van der Waals surface area (Å²) in [7, 11) is 1.52. The van der Waals surface area contributed by atoms with Crippen molar-refractivity contribution in [3.8, 4) is 0 Å². The maximum atomic E-state index is 12.1. The number of rotatable bonds is 4. The Morgan fingerprint density at radius 1 is 1.04 bits per heavy atom. The first kappa shape index (κ1) is 18.0. The van der Waals surface area contributed by atoms with Gasteiger partial charge < -0.3 is 10.6 Å². The van der Waals surface area contributed by atoms with Crippen molar-refractivity contribution in [1.82, 2.24) is 10.6 Å². The molecule has 25 heavy (non-hydrogen) atoms. The first-order chi connectivity index (χ1) is 11.9. The van der Waals surface area contributed by atoms with Gasteiger partial charge in [0.05, 0.1) is 4.92 Å². The number of amides is 2. The van der Waals surface area contributed by atoms with Gasteiger partial charge in [-0.25, -0.2) is 0 Å². The molecule has 0 fully saturated rings. The molecule has 0 saturated carbocycles. The first-order valence-electron chi connectivity index (χ1n) is 7.09. The molecule has 0 atom stereocenters. The van der Waals surface area contributed by atoms with Crippen molar-refractivity contribution in [2.75, 3.05) is 12.4 Å². The third kappa shape index (κ3) is 4.82. The van der Waals surface area contributed by atoms with Crippen LogP contribution in [0.5, 0.6) is 0 Å². The maximum Gasteiger partial charge on any atom is 0.270 e. The highest BCUT2D eigenvalue weighted by atomic mass is 32.1. The van der Waals surface area contributed by atoms with Crippen LogP contribution in [0, 0.1) is 10.1 Å². The summed E-state index contributed by atoms with van der Waals surface area (Å²) >= 11 is 5.06. The molecule has 0 aliphatic heterocycles. The number of nitrogens with one attached hydrogen (secondary N) is 3. The zero-order valence-corrected chi connectivity index (χ0v) is 13.9. The van der Waals surface area contributed by atoms with E-state index in [4.69, 9.17) is 12.2 Å². The topological polar surface area (TPSA) is 113 Å². The summed E-state index contributed by atoms with van der Waals surface area (Å²) in [6.45, 7) is 0. The monoisotopic (exact) mass is 358 g/mol. The normalized spacial score (nSPS) is 9.80. The zero-order chi connectivity index (χ0) is 18.4. The van der Waals surface area contributed by atoms with Gasteiger partial charge in [0, 0.05) is 36.0 Å². The standard InChI is InChI=1S/C16H14N4O4S/c1-17-14(21)10-4-2-6-12(8-10)18-16(25)19-15(22)11-5-3-7-13(9-11)20(23)24/h2-9H,1H3,(H,17,21)(H2,18,19,22,25). The molecule has 128 valence electrons. The van der Waals surface area contributed by atoms with Crippen molar-refractivity contribution in [2.45, 2.75) is 0 Å². The van der Waals surface area contributed by atoms with E-state index in [0.29, 0.717) is 11.3 Å². The molecule has 9 heteroatoms. The number of carbonyl (C=O) groups excluding carboxylic acids is 2. The largest absolute Gasteiger partial charge is 0.355 e. The van der Waals surface area contributed by atoms with E-state index in [2.05, 4.69) is 16.0 Å². The minimum absolute atomic E-state index is 0.00515. The van der Waals surface area contributed by atoms with Crippen molar-refractivity contribution in [3.63, 3.8) is 0 Å². The second kappa shape index (κ2) is 7.97. The molecule has 0 aliphatic carbocycles. The van der Waals surface area contributed by atoms with Crippen LogP contribution in [0.2, 0.25) is 0 Å². The Balaban J connectivity index is 2.05. The molecular weight excluding hydrogens is 344 g/mol. The maximum absolute atomic E-state index is 12.1. The minimum atomic E-state index is -0.586. The summed E-state index contributed by atoms with van der Waals surface area (Å²) in [5.41, 5.74) is 0.869. The smallest absolute Gasteiger partial charge is 0.270 e. The number of non-ortho nitro benzene ring substituents is 1. The predicted octanol–water partition coefficient (Wildman–Crippen LogP) is 2.08. The zero-order valence-electron chi connectivity index (χ0n) is 13.1. The summed E-state index contributed by atoms with van der Waals surface area (Å²) in [4.78, 5) is 33.9. The van der Waals surface area contributed by atoms with Crippen LogP contribution in [-0.4, -0.2) is 28.9 Å². The fourth-order valence-electron chi connectivity index (χ4n) is 1.98. The number of thiocarbonyl (C=S) groups is 1. The van der Waals surface area contributed by atoms with Crippen LogP contribution in [0.25, 0.3) is 0 Å². The number of hydrogen-bond acceptors (Lipinski definition) is 5. The molecule has 8 nitrogen and oxygen atoms in total. The lowest BCUT2D eigenvalue weighted by Gasteiger charge is -2.10. The van der Waals surface area contributed by atoms with Gasteiger partial charge in [-0.15, -0.1) is 0 Å². The molecule has 2 aromatic carbocycles. The molecule has 0 heterocycles. The van der Waals surface area contributed by atoms with Gasteiger partial charge >= 0.3 is 0 Å². The van der Waals surface area contributed by atoms with Crippen LogP contribution in [0.4, 0.5) is 11.4 Å². The summed E-state index contributed by atoms with van der Waals surface area (Å²) in [5.74, 6) is -0.834. The highest BCUT2D eigenvalue weighted by Gasteiger charge is 2.13. The lowest BCUT2D eigenvalue weighted by Crippen LogP contribution is -2.34. The van der Waals surface area contributed by atoms with Crippen LogP contribution in [-0.2, 0) is 0 Å². The molecular formula is C16H14N4O4S. The Bertz CT molecular complexity index is 854. The Kier molecular flexibility index (Phi) is 5.75. The predicted molar refractivity (Wildman–Crippen MR) is 96.6 cm³/mol. The Morgan fingerprint density at radius 2 is 1.68 bits per heavy atom. The number of benzene rings is 2. The van der Waals surface area contributed by atoms with Crippen LogP contribution in [0.3, 0.4) is 0 Å². The van der Waals surface area contributed by atoms with E-state index in [1.165, 1.54) is 25.2 Å². The van der Waals surface area contributed by atoms with E-state index in [0.717, 1.165) is 6.07 Å². The van der Waals surface area contributed by atoms with Crippen LogP contribution in [0.1, 0.15) is 20.7 Å². The quantitative estimate of drug-likeness (QED) is 0.438. The van der Waals surface area contributed by atoms with Crippen LogP contribution in [0.15, 0.2) is 48.5 Å². The molecule has 0 bridgehead atoms. The van der Waals surface area contributed by atoms with Gasteiger partial charge in [-0.05, 0) is 36.5 Å². The molecule has 0 aromatic heterocycles. The molecule has 2 amide bonds. The molecule has 0 saturated heterocycles. The summed E-state index contributed by atoms with van der Waals surface area (Å²) < 4.78 is 0. The highest BCUT2D eigenvalue weighted by Crippen LogP contribution is 2.13. The Labute approximate surface area is 148 Å². The van der Waals surface area contributed by atoms with Crippen molar-refractivity contribution in [1.29, 1.82) is 0 Å². The number of nitro benzene ring substituents is 1. The number of nitro groups is 1. The van der Waals surface area contributed by atoms with Crippen molar-refractivity contribution < 1.29 is 14.5 Å². The van der Waals surface area contributed by atoms with E-state index in [-0.39, 0.29) is 22.3 Å². The molecule has 0 radical (unpaired) electrons. The number of anilines is 1. The van der Waals surface area contributed by atoms with Crippen molar-refractivity contribution >= 4 is 40.5 Å². The average Bonchev–Trinajstić information content (AvgIpc) is 2.61. The van der Waals surface area contributed by atoms with Crippen LogP contribution >= 0.6 is 12.2 Å². The van der Waals surface area contributed by atoms with E-state index < -0.39 is 10.8 Å². The summed E-state index contributed by atoms with van der Waals surface area (Å²) in [6.07, 6.45) is 0. The fraction of sp³-hybridized carbons (Fsp3) is 0.0625. The lowest BCUT2D eigenvalue weighted by molar-refractivity contribution is -0.384. The van der Waals surface area contributed by atoms with Crippen molar-refractivity contribution in [2.24, 2.45) is 0 Å². The third-order valence-electron chi connectivity index (χ3n) is 3.16.